The minimum absolute atomic E-state index is 0.152. The fourth-order valence-electron chi connectivity index (χ4n) is 3.45. The zero-order chi connectivity index (χ0) is 20.5. The molecule has 1 aliphatic rings. The first kappa shape index (κ1) is 21.2. The molecular weight excluding hydrogens is 386 g/mol. The van der Waals surface area contributed by atoms with Gasteiger partial charge in [0.1, 0.15) is 5.82 Å². The Hall–Kier alpha value is -2.48. The van der Waals surface area contributed by atoms with Crippen LogP contribution in [0.25, 0.3) is 11.4 Å². The van der Waals surface area contributed by atoms with Crippen molar-refractivity contribution in [2.24, 2.45) is 0 Å². The summed E-state index contributed by atoms with van der Waals surface area (Å²) in [5.74, 6) is 1.89. The number of nitrogens with zero attached hydrogens (tertiary/aromatic N) is 3. The molecule has 0 radical (unpaired) electrons. The molecule has 2 aromatic rings. The van der Waals surface area contributed by atoms with Gasteiger partial charge in [0.05, 0.1) is 7.11 Å². The number of rotatable bonds is 8. The topological polar surface area (TPSA) is 81.1 Å². The van der Waals surface area contributed by atoms with Crippen molar-refractivity contribution in [3.05, 3.63) is 30.1 Å². The van der Waals surface area contributed by atoms with Crippen molar-refractivity contribution in [3.63, 3.8) is 0 Å². The second-order valence-corrected chi connectivity index (χ2v) is 7.66. The van der Waals surface area contributed by atoms with Crippen LogP contribution in [0.2, 0.25) is 0 Å². The van der Waals surface area contributed by atoms with Crippen molar-refractivity contribution in [2.45, 2.75) is 57.9 Å². The molecule has 1 aliphatic heterocycles. The molecule has 1 aromatic heterocycles. The molecule has 0 amide bonds. The van der Waals surface area contributed by atoms with E-state index >= 15 is 0 Å². The molecule has 0 atom stereocenters. The lowest BCUT2D eigenvalue weighted by atomic mass is 10.2. The Morgan fingerprint density at radius 1 is 1.14 bits per heavy atom. The molecule has 3 rings (SSSR count). The van der Waals surface area contributed by atoms with Gasteiger partial charge in [-0.15, -0.1) is 10.2 Å². The number of aromatic nitrogens is 3. The van der Waals surface area contributed by atoms with Gasteiger partial charge in [-0.3, -0.25) is 4.79 Å². The highest BCUT2D eigenvalue weighted by Crippen LogP contribution is 2.23. The van der Waals surface area contributed by atoms with Gasteiger partial charge in [0.25, 0.3) is 0 Å². The van der Waals surface area contributed by atoms with Gasteiger partial charge in [-0.25, -0.2) is 0 Å². The first-order valence-electron chi connectivity index (χ1n) is 10.3. The first-order valence-corrected chi connectivity index (χ1v) is 10.7. The number of carbonyl (C=O) groups excluding carboxylic acids is 1. The van der Waals surface area contributed by atoms with Gasteiger partial charge >= 0.3 is 5.97 Å². The normalized spacial score (nSPS) is 13.3. The number of unbranched alkanes of at least 4 members (excludes halogenated alkanes) is 2. The summed E-state index contributed by atoms with van der Waals surface area (Å²) < 4.78 is 6.88. The molecular formula is C21H29N5O2S. The summed E-state index contributed by atoms with van der Waals surface area (Å²) in [6.07, 6.45) is 7.86. The van der Waals surface area contributed by atoms with E-state index in [9.17, 15) is 4.79 Å². The average molecular weight is 416 g/mol. The van der Waals surface area contributed by atoms with Crippen molar-refractivity contribution in [1.82, 2.24) is 20.1 Å². The lowest BCUT2D eigenvalue weighted by Gasteiger charge is -2.11. The number of thiocarbonyl (C=S) groups is 1. The Kier molecular flexibility index (Phi) is 7.98. The predicted octanol–water partition coefficient (Wildman–Crippen LogP) is 3.69. The van der Waals surface area contributed by atoms with Crippen LogP contribution in [0.4, 0.5) is 5.69 Å². The summed E-state index contributed by atoms with van der Waals surface area (Å²) >= 11 is 5.36. The molecule has 7 nitrogen and oxygen atoms in total. The van der Waals surface area contributed by atoms with E-state index in [1.807, 2.05) is 12.1 Å². The number of anilines is 1. The Morgan fingerprint density at radius 3 is 2.76 bits per heavy atom. The van der Waals surface area contributed by atoms with Crippen LogP contribution in [0.3, 0.4) is 0 Å². The molecule has 0 bridgehead atoms. The molecule has 0 fully saturated rings. The third kappa shape index (κ3) is 6.25. The van der Waals surface area contributed by atoms with E-state index < -0.39 is 0 Å². The highest BCUT2D eigenvalue weighted by molar-refractivity contribution is 7.80. The Balaban J connectivity index is 1.44. The molecule has 0 saturated carbocycles. The Labute approximate surface area is 177 Å². The zero-order valence-electron chi connectivity index (χ0n) is 16.9. The van der Waals surface area contributed by atoms with Crippen molar-refractivity contribution in [2.75, 3.05) is 19.0 Å². The average Bonchev–Trinajstić information content (AvgIpc) is 2.99. The van der Waals surface area contributed by atoms with Crippen LogP contribution in [0.1, 0.15) is 50.8 Å². The number of benzene rings is 1. The van der Waals surface area contributed by atoms with Gasteiger partial charge < -0.3 is 19.9 Å². The van der Waals surface area contributed by atoms with Gasteiger partial charge in [-0.2, -0.15) is 0 Å². The number of esters is 1. The van der Waals surface area contributed by atoms with E-state index in [0.29, 0.717) is 11.5 Å². The summed E-state index contributed by atoms with van der Waals surface area (Å²) in [6.45, 7) is 1.77. The van der Waals surface area contributed by atoms with E-state index in [4.69, 9.17) is 12.2 Å². The third-order valence-electron chi connectivity index (χ3n) is 5.08. The van der Waals surface area contributed by atoms with Crippen LogP contribution >= 0.6 is 12.2 Å². The summed E-state index contributed by atoms with van der Waals surface area (Å²) in [4.78, 5) is 11.1. The minimum atomic E-state index is -0.152. The number of aryl methyl sites for hydroxylation is 1. The molecule has 0 spiro atoms. The molecule has 8 heteroatoms. The van der Waals surface area contributed by atoms with E-state index in [2.05, 4.69) is 42.3 Å². The maximum Gasteiger partial charge on any atom is 0.305 e. The number of fused-ring (bicyclic) bond motifs is 1. The molecule has 0 saturated heterocycles. The van der Waals surface area contributed by atoms with Crippen LogP contribution in [-0.4, -0.2) is 39.5 Å². The molecule has 156 valence electrons. The highest BCUT2D eigenvalue weighted by Gasteiger charge is 2.15. The van der Waals surface area contributed by atoms with Gasteiger partial charge in [0.2, 0.25) is 0 Å². The predicted molar refractivity (Wildman–Crippen MR) is 118 cm³/mol. The number of hydrogen-bond donors (Lipinski definition) is 2. The van der Waals surface area contributed by atoms with Crippen LogP contribution in [-0.2, 0) is 22.5 Å². The fraction of sp³-hybridized carbons (Fsp3) is 0.524. The Morgan fingerprint density at radius 2 is 1.97 bits per heavy atom. The number of ether oxygens (including phenoxy) is 1. The van der Waals surface area contributed by atoms with Crippen molar-refractivity contribution >= 4 is 29.0 Å². The van der Waals surface area contributed by atoms with Crippen LogP contribution < -0.4 is 10.6 Å². The second-order valence-electron chi connectivity index (χ2n) is 7.25. The number of hydrogen-bond acceptors (Lipinski definition) is 5. The third-order valence-corrected chi connectivity index (χ3v) is 5.33. The van der Waals surface area contributed by atoms with Crippen molar-refractivity contribution in [3.8, 4) is 11.4 Å². The van der Waals surface area contributed by atoms with Gasteiger partial charge in [-0.05, 0) is 62.2 Å². The smallest absolute Gasteiger partial charge is 0.305 e. The van der Waals surface area contributed by atoms with E-state index in [1.54, 1.807) is 0 Å². The largest absolute Gasteiger partial charge is 0.469 e. The Bertz CT molecular complexity index is 819. The molecule has 1 aromatic carbocycles. The highest BCUT2D eigenvalue weighted by atomic mass is 32.1. The molecule has 0 unspecified atom stereocenters. The summed E-state index contributed by atoms with van der Waals surface area (Å²) in [5, 5.41) is 15.8. The van der Waals surface area contributed by atoms with E-state index in [-0.39, 0.29) is 5.97 Å². The number of carbonyl (C=O) groups is 1. The number of methoxy groups -OCH3 is 1. The molecule has 2 N–H and O–H groups in total. The molecule has 29 heavy (non-hydrogen) atoms. The monoisotopic (exact) mass is 415 g/mol. The maximum atomic E-state index is 11.1. The second kappa shape index (κ2) is 10.9. The standard InChI is InChI=1S/C21H29N5O2S/c1-28-19(27)9-5-2-6-14-22-21(29)23-17-12-10-16(11-13-17)20-25-24-18-8-4-3-7-15-26(18)20/h10-13H,2-9,14-15H2,1H3,(H2,22,23,29). The van der Waals surface area contributed by atoms with Gasteiger partial charge in [0, 0.05) is 37.2 Å². The van der Waals surface area contributed by atoms with Gasteiger partial charge in [-0.1, -0.05) is 12.8 Å². The minimum Gasteiger partial charge on any atom is -0.469 e. The van der Waals surface area contributed by atoms with Crippen molar-refractivity contribution in [1.29, 1.82) is 0 Å². The lowest BCUT2D eigenvalue weighted by Crippen LogP contribution is -2.29. The fourth-order valence-corrected chi connectivity index (χ4v) is 3.67. The SMILES string of the molecule is COC(=O)CCCCCNC(=S)Nc1ccc(-c2nnc3n2CCCCC3)cc1. The van der Waals surface area contributed by atoms with Crippen LogP contribution in [0, 0.1) is 0 Å². The van der Waals surface area contributed by atoms with Crippen LogP contribution in [0.15, 0.2) is 24.3 Å². The molecule has 0 aliphatic carbocycles. The summed E-state index contributed by atoms with van der Waals surface area (Å²) in [7, 11) is 1.42. The van der Waals surface area contributed by atoms with Gasteiger partial charge in [0.15, 0.2) is 10.9 Å². The van der Waals surface area contributed by atoms with Crippen molar-refractivity contribution < 1.29 is 9.53 Å². The van der Waals surface area contributed by atoms with E-state index in [0.717, 1.165) is 61.7 Å². The quantitative estimate of drug-likeness (QED) is 0.387. The zero-order valence-corrected chi connectivity index (χ0v) is 17.8. The summed E-state index contributed by atoms with van der Waals surface area (Å²) in [6, 6.07) is 8.13. The molecule has 2 heterocycles. The van der Waals surface area contributed by atoms with E-state index in [1.165, 1.54) is 26.4 Å². The number of nitrogens with one attached hydrogen (secondary N) is 2. The van der Waals surface area contributed by atoms with Crippen LogP contribution in [0.5, 0.6) is 0 Å². The maximum absolute atomic E-state index is 11.1. The first-order chi connectivity index (χ1) is 14.2. The summed E-state index contributed by atoms with van der Waals surface area (Å²) in [5.41, 5.74) is 2.01. The lowest BCUT2D eigenvalue weighted by molar-refractivity contribution is -0.140.